The molecule has 0 N–H and O–H groups in total. The molecule has 0 saturated heterocycles. The Labute approximate surface area is 124 Å². The van der Waals surface area contributed by atoms with Gasteiger partial charge in [-0.1, -0.05) is 12.1 Å². The van der Waals surface area contributed by atoms with Crippen LogP contribution in [0.4, 0.5) is 4.39 Å². The highest BCUT2D eigenvalue weighted by molar-refractivity contribution is 14.1. The van der Waals surface area contributed by atoms with Crippen LogP contribution in [0.2, 0.25) is 0 Å². The molecule has 0 aromatic heterocycles. The molecule has 0 saturated carbocycles. The van der Waals surface area contributed by atoms with E-state index in [0.717, 1.165) is 9.64 Å². The van der Waals surface area contributed by atoms with Crippen LogP contribution < -0.4 is 4.18 Å². The Bertz CT molecular complexity index is 714. The maximum atomic E-state index is 13.2. The second-order valence-electron chi connectivity index (χ2n) is 3.90. The molecule has 6 heteroatoms. The molecular formula is C13H10FIO3S. The largest absolute Gasteiger partial charge is 0.379 e. The van der Waals surface area contributed by atoms with E-state index < -0.39 is 15.9 Å². The standard InChI is InChI=1S/C13H10FIO3S/c1-9-5-6-10(14)7-13(9)19(16,17)18-12-4-2-3-11(15)8-12/h2-8H,1H3. The van der Waals surface area contributed by atoms with Crippen LogP contribution in [0.3, 0.4) is 0 Å². The first-order valence-electron chi connectivity index (χ1n) is 5.35. The third-order valence-corrected chi connectivity index (χ3v) is 4.48. The van der Waals surface area contributed by atoms with Gasteiger partial charge < -0.3 is 4.18 Å². The summed E-state index contributed by atoms with van der Waals surface area (Å²) in [4.78, 5) is -0.161. The number of rotatable bonds is 3. The average Bonchev–Trinajstić information content (AvgIpc) is 2.31. The summed E-state index contributed by atoms with van der Waals surface area (Å²) in [7, 11) is -4.03. The van der Waals surface area contributed by atoms with E-state index in [0.29, 0.717) is 5.56 Å². The predicted octanol–water partition coefficient (Wildman–Crippen LogP) is 3.51. The van der Waals surface area contributed by atoms with Crippen molar-refractivity contribution in [2.24, 2.45) is 0 Å². The van der Waals surface area contributed by atoms with Crippen LogP contribution in [-0.4, -0.2) is 8.42 Å². The Morgan fingerprint density at radius 2 is 1.89 bits per heavy atom. The van der Waals surface area contributed by atoms with Crippen LogP contribution in [0.1, 0.15) is 5.56 Å². The van der Waals surface area contributed by atoms with Gasteiger partial charge in [-0.25, -0.2) is 4.39 Å². The number of aryl methyl sites for hydroxylation is 1. The third-order valence-electron chi connectivity index (χ3n) is 2.42. The molecule has 19 heavy (non-hydrogen) atoms. The molecule has 2 aromatic carbocycles. The minimum atomic E-state index is -4.03. The first kappa shape index (κ1) is 14.3. The van der Waals surface area contributed by atoms with Gasteiger partial charge in [0.15, 0.2) is 0 Å². The van der Waals surface area contributed by atoms with Crippen LogP contribution in [-0.2, 0) is 10.1 Å². The normalized spacial score (nSPS) is 11.3. The Balaban J connectivity index is 2.40. The lowest BCUT2D eigenvalue weighted by Gasteiger charge is -2.09. The van der Waals surface area contributed by atoms with Crippen LogP contribution in [0.5, 0.6) is 5.75 Å². The highest BCUT2D eigenvalue weighted by atomic mass is 127. The van der Waals surface area contributed by atoms with Crippen LogP contribution in [0, 0.1) is 16.3 Å². The van der Waals surface area contributed by atoms with Crippen molar-refractivity contribution in [2.45, 2.75) is 11.8 Å². The van der Waals surface area contributed by atoms with Crippen LogP contribution in [0.15, 0.2) is 47.4 Å². The third kappa shape index (κ3) is 3.44. The zero-order valence-electron chi connectivity index (χ0n) is 9.93. The average molecular weight is 392 g/mol. The molecule has 0 amide bonds. The minimum Gasteiger partial charge on any atom is -0.379 e. The zero-order chi connectivity index (χ0) is 14.0. The van der Waals surface area contributed by atoms with Gasteiger partial charge in [0, 0.05) is 3.57 Å². The van der Waals surface area contributed by atoms with E-state index in [9.17, 15) is 12.8 Å². The maximum absolute atomic E-state index is 13.2. The summed E-state index contributed by atoms with van der Waals surface area (Å²) in [5.41, 5.74) is 0.437. The van der Waals surface area contributed by atoms with E-state index >= 15 is 0 Å². The van der Waals surface area contributed by atoms with Crippen molar-refractivity contribution in [2.75, 3.05) is 0 Å². The van der Waals surface area contributed by atoms with Crippen molar-refractivity contribution in [3.8, 4) is 5.75 Å². The van der Waals surface area contributed by atoms with E-state index in [2.05, 4.69) is 0 Å². The summed E-state index contributed by atoms with van der Waals surface area (Å²) in [5.74, 6) is -0.411. The molecule has 0 unspecified atom stereocenters. The fraction of sp³-hybridized carbons (Fsp3) is 0.0769. The maximum Gasteiger partial charge on any atom is 0.339 e. The van der Waals surface area contributed by atoms with Crippen molar-refractivity contribution in [3.05, 3.63) is 57.4 Å². The summed E-state index contributed by atoms with van der Waals surface area (Å²) in [5, 5.41) is 0. The van der Waals surface area contributed by atoms with Crippen molar-refractivity contribution in [1.29, 1.82) is 0 Å². The lowest BCUT2D eigenvalue weighted by molar-refractivity contribution is 0.484. The fourth-order valence-corrected chi connectivity index (χ4v) is 3.21. The van der Waals surface area contributed by atoms with E-state index in [1.54, 1.807) is 19.1 Å². The summed E-state index contributed by atoms with van der Waals surface area (Å²) in [6.45, 7) is 1.59. The first-order chi connectivity index (χ1) is 8.88. The molecule has 0 radical (unpaired) electrons. The van der Waals surface area contributed by atoms with Gasteiger partial charge in [0.1, 0.15) is 16.5 Å². The Kier molecular flexibility index (Phi) is 4.10. The topological polar surface area (TPSA) is 43.4 Å². The molecule has 0 heterocycles. The number of hydrogen-bond acceptors (Lipinski definition) is 3. The molecular weight excluding hydrogens is 382 g/mol. The lowest BCUT2D eigenvalue weighted by Crippen LogP contribution is -2.11. The van der Waals surface area contributed by atoms with Gasteiger partial charge in [-0.2, -0.15) is 8.42 Å². The van der Waals surface area contributed by atoms with Gasteiger partial charge in [-0.05, 0) is 65.4 Å². The lowest BCUT2D eigenvalue weighted by atomic mass is 10.2. The number of hydrogen-bond donors (Lipinski definition) is 0. The summed E-state index contributed by atoms with van der Waals surface area (Å²) >= 11 is 2.05. The van der Waals surface area contributed by atoms with E-state index in [4.69, 9.17) is 4.18 Å². The van der Waals surface area contributed by atoms with E-state index in [1.807, 2.05) is 28.7 Å². The van der Waals surface area contributed by atoms with Gasteiger partial charge in [0.2, 0.25) is 0 Å². The predicted molar refractivity (Wildman–Crippen MR) is 78.1 cm³/mol. The SMILES string of the molecule is Cc1ccc(F)cc1S(=O)(=O)Oc1cccc(I)c1. The smallest absolute Gasteiger partial charge is 0.339 e. The summed E-state index contributed by atoms with van der Waals surface area (Å²) in [6, 6.07) is 10.2. The molecule has 3 nitrogen and oxygen atoms in total. The van der Waals surface area contributed by atoms with Crippen LogP contribution >= 0.6 is 22.6 Å². The quantitative estimate of drug-likeness (QED) is 0.593. The van der Waals surface area contributed by atoms with Crippen molar-refractivity contribution in [3.63, 3.8) is 0 Å². The highest BCUT2D eigenvalue weighted by Crippen LogP contribution is 2.23. The van der Waals surface area contributed by atoms with Gasteiger partial charge in [-0.3, -0.25) is 0 Å². The van der Waals surface area contributed by atoms with Crippen molar-refractivity contribution < 1.29 is 17.0 Å². The molecule has 2 aromatic rings. The Morgan fingerprint density at radius 3 is 2.58 bits per heavy atom. The zero-order valence-corrected chi connectivity index (χ0v) is 12.9. The van der Waals surface area contributed by atoms with Gasteiger partial charge in [0.05, 0.1) is 0 Å². The molecule has 2 rings (SSSR count). The Morgan fingerprint density at radius 1 is 1.16 bits per heavy atom. The molecule has 0 bridgehead atoms. The molecule has 0 atom stereocenters. The van der Waals surface area contributed by atoms with E-state index in [-0.39, 0.29) is 10.6 Å². The monoisotopic (exact) mass is 392 g/mol. The second kappa shape index (κ2) is 5.46. The van der Waals surface area contributed by atoms with Crippen LogP contribution in [0.25, 0.3) is 0 Å². The summed E-state index contributed by atoms with van der Waals surface area (Å²) in [6.07, 6.45) is 0. The highest BCUT2D eigenvalue weighted by Gasteiger charge is 2.20. The summed E-state index contributed by atoms with van der Waals surface area (Å²) < 4.78 is 43.2. The molecule has 0 aliphatic heterocycles. The molecule has 100 valence electrons. The molecule has 0 spiro atoms. The van der Waals surface area contributed by atoms with E-state index in [1.165, 1.54) is 18.2 Å². The Hall–Kier alpha value is -1.15. The first-order valence-corrected chi connectivity index (χ1v) is 7.83. The van der Waals surface area contributed by atoms with Crippen molar-refractivity contribution >= 4 is 32.7 Å². The van der Waals surface area contributed by atoms with Gasteiger partial charge in [-0.15, -0.1) is 0 Å². The minimum absolute atomic E-state index is 0.161. The molecule has 0 aliphatic rings. The van der Waals surface area contributed by atoms with Crippen molar-refractivity contribution in [1.82, 2.24) is 0 Å². The molecule has 0 fully saturated rings. The van der Waals surface area contributed by atoms with Gasteiger partial charge >= 0.3 is 10.1 Å². The number of halogens is 2. The van der Waals surface area contributed by atoms with Gasteiger partial charge in [0.25, 0.3) is 0 Å². The molecule has 0 aliphatic carbocycles. The fourth-order valence-electron chi connectivity index (χ4n) is 1.53. The number of benzene rings is 2. The second-order valence-corrected chi connectivity index (χ2v) is 6.67.